The molecule has 3 atom stereocenters. The van der Waals surface area contributed by atoms with Crippen molar-refractivity contribution in [1.29, 1.82) is 0 Å². The van der Waals surface area contributed by atoms with E-state index < -0.39 is 36.0 Å². The van der Waals surface area contributed by atoms with E-state index in [0.717, 1.165) is 19.3 Å². The number of carboxylic acid groups (broad SMARTS) is 3. The van der Waals surface area contributed by atoms with E-state index in [2.05, 4.69) is 31.4 Å². The molecule has 6 N–H and O–H groups in total. The average Bonchev–Trinajstić information content (AvgIpc) is 2.77. The molecule has 0 aliphatic carbocycles. The summed E-state index contributed by atoms with van der Waals surface area (Å²) in [4.78, 5) is 35.3. The molecule has 1 heterocycles. The van der Waals surface area contributed by atoms with E-state index in [1.807, 2.05) is 20.8 Å². The maximum atomic E-state index is 11.8. The van der Waals surface area contributed by atoms with E-state index in [-0.39, 0.29) is 17.3 Å². The van der Waals surface area contributed by atoms with Crippen LogP contribution in [0.2, 0.25) is 0 Å². The fourth-order valence-electron chi connectivity index (χ4n) is 3.16. The van der Waals surface area contributed by atoms with Crippen molar-refractivity contribution in [3.63, 3.8) is 0 Å². The second kappa shape index (κ2) is 14.8. The Morgan fingerprint density at radius 3 is 1.30 bits per heavy atom. The van der Waals surface area contributed by atoms with Gasteiger partial charge in [0.05, 0.1) is 0 Å². The lowest BCUT2D eigenvalue weighted by atomic mass is 10.1. The third-order valence-corrected chi connectivity index (χ3v) is 5.14. The normalized spacial score (nSPS) is 13.5. The lowest BCUT2D eigenvalue weighted by molar-refractivity contribution is -0.139. The summed E-state index contributed by atoms with van der Waals surface area (Å²) in [6.07, 6.45) is 5.28. The van der Waals surface area contributed by atoms with Crippen LogP contribution in [0.4, 0.5) is 17.3 Å². The van der Waals surface area contributed by atoms with Crippen molar-refractivity contribution in [3.05, 3.63) is 0 Å². The van der Waals surface area contributed by atoms with Gasteiger partial charge >= 0.3 is 17.9 Å². The highest BCUT2D eigenvalue weighted by Crippen LogP contribution is 2.29. The summed E-state index contributed by atoms with van der Waals surface area (Å²) >= 11 is 0. The number of carboxylic acids is 3. The fraction of sp³-hybridized carbons (Fsp3) is 0.714. The standard InChI is InChI=1S/C21H36N6O6/c1-4-7-10-13(19(28)29)22-16-17(23-14(20(30)31)11-8-5-2)25-27-26-18(16)24-15(21(32)33)12-9-6-3/h13-15H,4-12H2,1-3H3,(H,22,27)(H,28,29)(H,30,31)(H,32,33)(H2,23,24,25,26). The number of hydrogen-bond acceptors (Lipinski definition) is 9. The molecule has 1 aromatic heterocycles. The SMILES string of the molecule is CCCCC(Nc1nnnc(NC(CCCC)C(=O)O)c1NC(CCCC)C(=O)O)C(=O)O. The predicted molar refractivity (Wildman–Crippen MR) is 124 cm³/mol. The van der Waals surface area contributed by atoms with E-state index in [9.17, 15) is 29.7 Å². The van der Waals surface area contributed by atoms with E-state index in [1.54, 1.807) is 0 Å². The average molecular weight is 469 g/mol. The molecule has 0 aliphatic rings. The molecule has 0 saturated heterocycles. The van der Waals surface area contributed by atoms with Crippen LogP contribution in [0.15, 0.2) is 0 Å². The van der Waals surface area contributed by atoms with Crippen molar-refractivity contribution in [1.82, 2.24) is 15.4 Å². The first-order valence-electron chi connectivity index (χ1n) is 11.5. The molecule has 3 unspecified atom stereocenters. The fourth-order valence-corrected chi connectivity index (χ4v) is 3.16. The van der Waals surface area contributed by atoms with Crippen LogP contribution in [0.5, 0.6) is 0 Å². The van der Waals surface area contributed by atoms with Gasteiger partial charge in [0.15, 0.2) is 11.6 Å². The minimum absolute atomic E-state index is 0.00150. The number of rotatable bonds is 18. The summed E-state index contributed by atoms with van der Waals surface area (Å²) in [5.41, 5.74) is 0.0824. The van der Waals surface area contributed by atoms with Crippen molar-refractivity contribution in [2.45, 2.75) is 96.7 Å². The molecule has 0 saturated carbocycles. The van der Waals surface area contributed by atoms with Gasteiger partial charge in [-0.2, -0.15) is 0 Å². The third kappa shape index (κ3) is 9.46. The number of anilines is 3. The van der Waals surface area contributed by atoms with Crippen LogP contribution in [0.1, 0.15) is 78.6 Å². The third-order valence-electron chi connectivity index (χ3n) is 5.14. The van der Waals surface area contributed by atoms with Crippen LogP contribution >= 0.6 is 0 Å². The molecule has 12 heteroatoms. The second-order valence-corrected chi connectivity index (χ2v) is 7.89. The number of nitrogens with zero attached hydrogens (tertiary/aromatic N) is 3. The highest BCUT2D eigenvalue weighted by Gasteiger charge is 2.27. The molecule has 0 fully saturated rings. The summed E-state index contributed by atoms with van der Waals surface area (Å²) in [6, 6.07) is -2.97. The number of hydrogen-bond donors (Lipinski definition) is 6. The molecule has 0 aromatic carbocycles. The molecule has 1 rings (SSSR count). The molecule has 0 radical (unpaired) electrons. The summed E-state index contributed by atoms with van der Waals surface area (Å²) in [6.45, 7) is 5.81. The van der Waals surface area contributed by atoms with Crippen LogP contribution in [-0.2, 0) is 14.4 Å². The number of aromatic nitrogens is 3. The zero-order chi connectivity index (χ0) is 24.8. The van der Waals surface area contributed by atoms with Gasteiger partial charge in [0.1, 0.15) is 23.8 Å². The van der Waals surface area contributed by atoms with Gasteiger partial charge in [-0.1, -0.05) is 59.3 Å². The maximum absolute atomic E-state index is 11.8. The second-order valence-electron chi connectivity index (χ2n) is 7.89. The maximum Gasteiger partial charge on any atom is 0.326 e. The number of carbonyl (C=O) groups is 3. The van der Waals surface area contributed by atoms with Crippen LogP contribution < -0.4 is 16.0 Å². The van der Waals surface area contributed by atoms with Gasteiger partial charge in [-0.15, -0.1) is 10.2 Å². The smallest absolute Gasteiger partial charge is 0.326 e. The lowest BCUT2D eigenvalue weighted by Crippen LogP contribution is -2.35. The van der Waals surface area contributed by atoms with Gasteiger partial charge in [-0.3, -0.25) is 0 Å². The van der Waals surface area contributed by atoms with Crippen molar-refractivity contribution in [2.24, 2.45) is 0 Å². The molecular formula is C21H36N6O6. The molecule has 0 amide bonds. The first kappa shape index (κ1) is 27.9. The highest BCUT2D eigenvalue weighted by molar-refractivity contribution is 5.87. The van der Waals surface area contributed by atoms with Gasteiger partial charge in [0.2, 0.25) is 0 Å². The first-order valence-corrected chi connectivity index (χ1v) is 11.5. The Bertz CT molecular complexity index is 731. The number of aliphatic carboxylic acids is 3. The van der Waals surface area contributed by atoms with Gasteiger partial charge in [-0.25, -0.2) is 14.4 Å². The largest absolute Gasteiger partial charge is 0.480 e. The molecule has 0 bridgehead atoms. The Labute approximate surface area is 193 Å². The Morgan fingerprint density at radius 2 is 1.00 bits per heavy atom. The lowest BCUT2D eigenvalue weighted by Gasteiger charge is -2.23. The van der Waals surface area contributed by atoms with Gasteiger partial charge < -0.3 is 31.3 Å². The van der Waals surface area contributed by atoms with Gasteiger partial charge in [0, 0.05) is 0 Å². The zero-order valence-corrected chi connectivity index (χ0v) is 19.5. The highest BCUT2D eigenvalue weighted by atomic mass is 16.4. The van der Waals surface area contributed by atoms with Crippen LogP contribution in [0.25, 0.3) is 0 Å². The summed E-state index contributed by atoms with van der Waals surface area (Å²) < 4.78 is 0. The van der Waals surface area contributed by atoms with E-state index in [0.29, 0.717) is 38.5 Å². The molecule has 1 aromatic rings. The zero-order valence-electron chi connectivity index (χ0n) is 19.5. The van der Waals surface area contributed by atoms with E-state index in [1.165, 1.54) is 0 Å². The van der Waals surface area contributed by atoms with Crippen LogP contribution in [0, 0.1) is 0 Å². The molecule has 0 spiro atoms. The minimum Gasteiger partial charge on any atom is -0.480 e. The van der Waals surface area contributed by atoms with E-state index >= 15 is 0 Å². The minimum atomic E-state index is -1.10. The number of nitrogens with one attached hydrogen (secondary N) is 3. The molecule has 12 nitrogen and oxygen atoms in total. The summed E-state index contributed by atoms with van der Waals surface area (Å²) in [5.74, 6) is -3.28. The van der Waals surface area contributed by atoms with E-state index in [4.69, 9.17) is 0 Å². The monoisotopic (exact) mass is 468 g/mol. The molecule has 0 aliphatic heterocycles. The predicted octanol–water partition coefficient (Wildman–Crippen LogP) is 3.04. The topological polar surface area (TPSA) is 187 Å². The summed E-state index contributed by atoms with van der Waals surface area (Å²) in [7, 11) is 0. The van der Waals surface area contributed by atoms with Gasteiger partial charge in [0.25, 0.3) is 0 Å². The van der Waals surface area contributed by atoms with Gasteiger partial charge in [-0.05, 0) is 24.5 Å². The van der Waals surface area contributed by atoms with Crippen molar-refractivity contribution < 1.29 is 29.7 Å². The van der Waals surface area contributed by atoms with Crippen molar-refractivity contribution in [2.75, 3.05) is 16.0 Å². The quantitative estimate of drug-likeness (QED) is 0.185. The Morgan fingerprint density at radius 1 is 0.667 bits per heavy atom. The molecular weight excluding hydrogens is 432 g/mol. The molecule has 186 valence electrons. The molecule has 33 heavy (non-hydrogen) atoms. The summed E-state index contributed by atoms with van der Waals surface area (Å²) in [5, 5.41) is 48.8. The van der Waals surface area contributed by atoms with Crippen molar-refractivity contribution >= 4 is 35.2 Å². The van der Waals surface area contributed by atoms with Crippen LogP contribution in [-0.4, -0.2) is 66.8 Å². The van der Waals surface area contributed by atoms with Crippen LogP contribution in [0.3, 0.4) is 0 Å². The Hall–Kier alpha value is -3.18. The Balaban J connectivity index is 3.38. The van der Waals surface area contributed by atoms with Crippen molar-refractivity contribution in [3.8, 4) is 0 Å². The first-order chi connectivity index (χ1) is 15.7. The Kier molecular flexibility index (Phi) is 12.5. The number of unbranched alkanes of at least 4 members (excludes halogenated alkanes) is 3.